The number of nitrogens with zero attached hydrogens (tertiary/aromatic N) is 2. The number of para-hydroxylation sites is 1. The number of amides is 1. The van der Waals surface area contributed by atoms with Gasteiger partial charge in [0.1, 0.15) is 5.75 Å². The molecule has 0 bridgehead atoms. The molecule has 0 spiro atoms. The highest BCUT2D eigenvalue weighted by Crippen LogP contribution is 2.27. The van der Waals surface area contributed by atoms with E-state index in [1.165, 1.54) is 11.1 Å². The number of aryl methyl sites for hydroxylation is 1. The van der Waals surface area contributed by atoms with Crippen LogP contribution < -0.4 is 10.1 Å². The van der Waals surface area contributed by atoms with Crippen LogP contribution in [0, 0.1) is 0 Å². The summed E-state index contributed by atoms with van der Waals surface area (Å²) in [5.74, 6) is 0.885. The second-order valence-electron chi connectivity index (χ2n) is 7.17. The van der Waals surface area contributed by atoms with Crippen LogP contribution in [-0.4, -0.2) is 41.0 Å². The minimum absolute atomic E-state index is 0.0326. The van der Waals surface area contributed by atoms with E-state index in [1.54, 1.807) is 6.20 Å². The zero-order chi connectivity index (χ0) is 17.8. The third kappa shape index (κ3) is 4.05. The van der Waals surface area contributed by atoms with Gasteiger partial charge in [-0.15, -0.1) is 0 Å². The van der Waals surface area contributed by atoms with Crippen molar-refractivity contribution in [1.29, 1.82) is 0 Å². The molecule has 1 saturated heterocycles. The zero-order valence-electron chi connectivity index (χ0n) is 14.9. The first-order chi connectivity index (χ1) is 12.8. The lowest BCUT2D eigenvalue weighted by molar-refractivity contribution is -0.129. The van der Waals surface area contributed by atoms with Crippen molar-refractivity contribution in [2.45, 2.75) is 44.4 Å². The second kappa shape index (κ2) is 7.87. The molecule has 1 amide bonds. The number of hydrogen-bond donors (Lipinski definition) is 1. The Bertz CT molecular complexity index is 742. The number of ether oxygens (including phenoxy) is 1. The standard InChI is InChI=1S/C21H25N3O2/c25-21(20-8-7-17-5-1-2-6-19(17)26-20)23-18-9-12-24(13-10-18)15-16-4-3-11-22-14-16/h1-6,11,14,18,20H,7-10,12-13,15H2,(H,23,25)/t20-/m0/s1. The largest absolute Gasteiger partial charge is 0.480 e. The fourth-order valence-corrected chi connectivity index (χ4v) is 3.79. The van der Waals surface area contributed by atoms with Crippen LogP contribution in [0.25, 0.3) is 0 Å². The molecule has 136 valence electrons. The molecule has 2 aliphatic rings. The van der Waals surface area contributed by atoms with Crippen LogP contribution >= 0.6 is 0 Å². The predicted molar refractivity (Wildman–Crippen MR) is 99.9 cm³/mol. The van der Waals surface area contributed by atoms with Crippen LogP contribution in [0.3, 0.4) is 0 Å². The Labute approximate surface area is 154 Å². The minimum Gasteiger partial charge on any atom is -0.480 e. The first kappa shape index (κ1) is 17.0. The summed E-state index contributed by atoms with van der Waals surface area (Å²) in [6.45, 7) is 2.92. The summed E-state index contributed by atoms with van der Waals surface area (Å²) < 4.78 is 5.91. The zero-order valence-corrected chi connectivity index (χ0v) is 14.9. The Morgan fingerprint density at radius 1 is 1.15 bits per heavy atom. The summed E-state index contributed by atoms with van der Waals surface area (Å²) in [5, 5.41) is 3.20. The fourth-order valence-electron chi connectivity index (χ4n) is 3.79. The average molecular weight is 351 g/mol. The third-order valence-corrected chi connectivity index (χ3v) is 5.27. The molecule has 3 heterocycles. The van der Waals surface area contributed by atoms with Crippen LogP contribution in [0.15, 0.2) is 48.8 Å². The summed E-state index contributed by atoms with van der Waals surface area (Å²) in [4.78, 5) is 19.2. The van der Waals surface area contributed by atoms with Crippen LogP contribution in [0.1, 0.15) is 30.4 Å². The van der Waals surface area contributed by atoms with Gasteiger partial charge in [-0.3, -0.25) is 14.7 Å². The maximum Gasteiger partial charge on any atom is 0.261 e. The molecule has 1 N–H and O–H groups in total. The summed E-state index contributed by atoms with van der Waals surface area (Å²) in [5.41, 5.74) is 2.43. The molecule has 4 rings (SSSR count). The molecule has 2 aliphatic heterocycles. The number of carbonyl (C=O) groups is 1. The summed E-state index contributed by atoms with van der Waals surface area (Å²) in [6, 6.07) is 12.3. The third-order valence-electron chi connectivity index (χ3n) is 5.27. The van der Waals surface area contributed by atoms with Gasteiger partial charge in [0.2, 0.25) is 0 Å². The van der Waals surface area contributed by atoms with Gasteiger partial charge in [0.25, 0.3) is 5.91 Å². The van der Waals surface area contributed by atoms with Crippen molar-refractivity contribution in [3.8, 4) is 5.75 Å². The van der Waals surface area contributed by atoms with E-state index < -0.39 is 0 Å². The number of carbonyl (C=O) groups excluding carboxylic acids is 1. The molecule has 1 fully saturated rings. The van der Waals surface area contributed by atoms with Crippen LogP contribution in [0.4, 0.5) is 0 Å². The number of aromatic nitrogens is 1. The van der Waals surface area contributed by atoms with Crippen molar-refractivity contribution < 1.29 is 9.53 Å². The van der Waals surface area contributed by atoms with Gasteiger partial charge in [0, 0.05) is 38.1 Å². The molecule has 5 nitrogen and oxygen atoms in total. The lowest BCUT2D eigenvalue weighted by Crippen LogP contribution is -2.49. The van der Waals surface area contributed by atoms with E-state index in [1.807, 2.05) is 30.5 Å². The molecule has 1 aromatic heterocycles. The number of pyridine rings is 1. The average Bonchev–Trinajstić information content (AvgIpc) is 2.70. The Morgan fingerprint density at radius 3 is 2.81 bits per heavy atom. The van der Waals surface area contributed by atoms with Gasteiger partial charge >= 0.3 is 0 Å². The van der Waals surface area contributed by atoms with E-state index in [0.717, 1.165) is 51.1 Å². The van der Waals surface area contributed by atoms with Gasteiger partial charge < -0.3 is 10.1 Å². The van der Waals surface area contributed by atoms with E-state index in [4.69, 9.17) is 4.74 Å². The number of rotatable bonds is 4. The van der Waals surface area contributed by atoms with Crippen LogP contribution in [0.5, 0.6) is 5.75 Å². The molecule has 5 heteroatoms. The van der Waals surface area contributed by atoms with Crippen molar-refractivity contribution in [2.24, 2.45) is 0 Å². The van der Waals surface area contributed by atoms with Crippen molar-refractivity contribution in [3.63, 3.8) is 0 Å². The number of hydrogen-bond acceptors (Lipinski definition) is 4. The SMILES string of the molecule is O=C(NC1CCN(Cc2cccnc2)CC1)[C@@H]1CCc2ccccc2O1. The molecule has 2 aromatic rings. The number of fused-ring (bicyclic) bond motifs is 1. The highest BCUT2D eigenvalue weighted by molar-refractivity contribution is 5.81. The van der Waals surface area contributed by atoms with Crippen LogP contribution in [0.2, 0.25) is 0 Å². The summed E-state index contributed by atoms with van der Waals surface area (Å²) in [6.07, 6.45) is 6.98. The molecule has 1 aromatic carbocycles. The van der Waals surface area contributed by atoms with Crippen molar-refractivity contribution in [2.75, 3.05) is 13.1 Å². The van der Waals surface area contributed by atoms with E-state index in [-0.39, 0.29) is 18.1 Å². The van der Waals surface area contributed by atoms with Crippen molar-refractivity contribution in [3.05, 3.63) is 59.9 Å². The van der Waals surface area contributed by atoms with E-state index >= 15 is 0 Å². The van der Waals surface area contributed by atoms with Gasteiger partial charge in [0.15, 0.2) is 6.10 Å². The molecule has 26 heavy (non-hydrogen) atoms. The lowest BCUT2D eigenvalue weighted by atomic mass is 10.0. The Balaban J connectivity index is 1.25. The van der Waals surface area contributed by atoms with E-state index in [0.29, 0.717) is 0 Å². The quantitative estimate of drug-likeness (QED) is 0.920. The van der Waals surface area contributed by atoms with Gasteiger partial charge in [-0.2, -0.15) is 0 Å². The van der Waals surface area contributed by atoms with Crippen molar-refractivity contribution >= 4 is 5.91 Å². The van der Waals surface area contributed by atoms with Gasteiger partial charge in [0.05, 0.1) is 0 Å². The number of likely N-dealkylation sites (tertiary alicyclic amines) is 1. The highest BCUT2D eigenvalue weighted by atomic mass is 16.5. The molecule has 0 radical (unpaired) electrons. The first-order valence-corrected chi connectivity index (χ1v) is 9.44. The number of benzene rings is 1. The molecule has 0 saturated carbocycles. The maximum atomic E-state index is 12.6. The first-order valence-electron chi connectivity index (χ1n) is 9.44. The molecule has 0 aliphatic carbocycles. The molecular formula is C21H25N3O2. The highest BCUT2D eigenvalue weighted by Gasteiger charge is 2.28. The Morgan fingerprint density at radius 2 is 2.00 bits per heavy atom. The van der Waals surface area contributed by atoms with E-state index in [2.05, 4.69) is 27.3 Å². The maximum absolute atomic E-state index is 12.6. The van der Waals surface area contributed by atoms with E-state index in [9.17, 15) is 4.79 Å². The number of piperidine rings is 1. The monoisotopic (exact) mass is 351 g/mol. The Kier molecular flexibility index (Phi) is 5.16. The van der Waals surface area contributed by atoms with Gasteiger partial charge in [-0.05, 0) is 48.9 Å². The second-order valence-corrected chi connectivity index (χ2v) is 7.17. The number of nitrogens with one attached hydrogen (secondary N) is 1. The smallest absolute Gasteiger partial charge is 0.261 e. The van der Waals surface area contributed by atoms with Gasteiger partial charge in [-0.25, -0.2) is 0 Å². The fraction of sp³-hybridized carbons (Fsp3) is 0.429. The van der Waals surface area contributed by atoms with Gasteiger partial charge in [-0.1, -0.05) is 24.3 Å². The predicted octanol–water partition coefficient (Wildman–Crippen LogP) is 2.56. The molecular weight excluding hydrogens is 326 g/mol. The van der Waals surface area contributed by atoms with Crippen molar-refractivity contribution in [1.82, 2.24) is 15.2 Å². The lowest BCUT2D eigenvalue weighted by Gasteiger charge is -2.33. The van der Waals surface area contributed by atoms with Crippen LogP contribution in [-0.2, 0) is 17.8 Å². The molecule has 0 unspecified atom stereocenters. The minimum atomic E-state index is -0.363. The summed E-state index contributed by atoms with van der Waals surface area (Å²) >= 11 is 0. The normalized spacial score (nSPS) is 20.8. The topological polar surface area (TPSA) is 54.5 Å². The summed E-state index contributed by atoms with van der Waals surface area (Å²) in [7, 11) is 0. The molecule has 1 atom stereocenters. The Hall–Kier alpha value is -2.40.